The van der Waals surface area contributed by atoms with E-state index in [0.29, 0.717) is 6.07 Å². The van der Waals surface area contributed by atoms with Crippen molar-refractivity contribution in [3.05, 3.63) is 33.9 Å². The zero-order chi connectivity index (χ0) is 19.5. The highest BCUT2D eigenvalue weighted by Crippen LogP contribution is 2.37. The summed E-state index contributed by atoms with van der Waals surface area (Å²) in [5, 5.41) is 10.7. The number of non-ortho nitro benzene ring substituents is 1. The minimum absolute atomic E-state index is 0. The van der Waals surface area contributed by atoms with Gasteiger partial charge < -0.3 is 5.73 Å². The fourth-order valence-corrected chi connectivity index (χ4v) is 4.75. The minimum atomic E-state index is -5.06. The molecule has 2 rings (SSSR count). The Morgan fingerprint density at radius 2 is 1.85 bits per heavy atom. The number of nitro benzene ring substituents is 1. The number of alkyl halides is 3. The zero-order valence-electron chi connectivity index (χ0n) is 14.2. The summed E-state index contributed by atoms with van der Waals surface area (Å²) in [6, 6.07) is 0.892. The number of halogens is 4. The predicted molar refractivity (Wildman–Crippen MR) is 95.1 cm³/mol. The molecule has 1 aromatic rings. The first-order valence-electron chi connectivity index (χ1n) is 8.14. The summed E-state index contributed by atoms with van der Waals surface area (Å²) >= 11 is 0. The third-order valence-corrected chi connectivity index (χ3v) is 6.10. The lowest BCUT2D eigenvalue weighted by Crippen LogP contribution is -2.46. The van der Waals surface area contributed by atoms with E-state index in [1.807, 2.05) is 0 Å². The number of hydrogen-bond acceptors (Lipinski definition) is 5. The van der Waals surface area contributed by atoms with E-state index in [4.69, 9.17) is 5.73 Å². The molecular formula is C15H21ClF3N3O4S. The van der Waals surface area contributed by atoms with E-state index in [0.717, 1.165) is 38.2 Å². The van der Waals surface area contributed by atoms with E-state index in [-0.39, 0.29) is 30.9 Å². The monoisotopic (exact) mass is 431 g/mol. The van der Waals surface area contributed by atoms with Crippen LogP contribution >= 0.6 is 12.4 Å². The normalized spacial score (nSPS) is 17.2. The molecule has 0 heterocycles. The molecule has 12 heteroatoms. The van der Waals surface area contributed by atoms with Crippen molar-refractivity contribution in [2.75, 3.05) is 6.54 Å². The summed E-state index contributed by atoms with van der Waals surface area (Å²) in [5.41, 5.74) is 3.23. The first kappa shape index (κ1) is 23.6. The molecule has 0 spiro atoms. The summed E-state index contributed by atoms with van der Waals surface area (Å²) in [5.74, 6) is -0.0455. The first-order valence-corrected chi connectivity index (χ1v) is 9.62. The molecule has 0 bridgehead atoms. The predicted octanol–water partition coefficient (Wildman–Crippen LogP) is 3.22. The van der Waals surface area contributed by atoms with Gasteiger partial charge in [0.1, 0.15) is 0 Å². The van der Waals surface area contributed by atoms with Crippen LogP contribution in [0.4, 0.5) is 18.9 Å². The molecule has 1 aromatic carbocycles. The number of nitro groups is 1. The molecule has 0 saturated heterocycles. The van der Waals surface area contributed by atoms with Crippen LogP contribution in [0.5, 0.6) is 0 Å². The van der Waals surface area contributed by atoms with Crippen molar-refractivity contribution in [2.24, 2.45) is 11.7 Å². The average molecular weight is 432 g/mol. The van der Waals surface area contributed by atoms with Crippen LogP contribution in [-0.4, -0.2) is 25.9 Å². The molecule has 3 N–H and O–H groups in total. The Kier molecular flexibility index (Phi) is 8.02. The Hall–Kier alpha value is -1.43. The summed E-state index contributed by atoms with van der Waals surface area (Å²) < 4.78 is 67.1. The second-order valence-electron chi connectivity index (χ2n) is 6.30. The summed E-state index contributed by atoms with van der Waals surface area (Å²) in [6.45, 7) is -0.0434. The average Bonchev–Trinajstić information content (AvgIpc) is 2.59. The number of nitrogens with zero attached hydrogens (tertiary/aromatic N) is 1. The molecule has 1 aliphatic rings. The maximum atomic E-state index is 13.3. The van der Waals surface area contributed by atoms with Crippen molar-refractivity contribution >= 4 is 28.1 Å². The van der Waals surface area contributed by atoms with Crippen LogP contribution in [0.1, 0.15) is 37.7 Å². The number of hydrogen-bond donors (Lipinski definition) is 2. The molecule has 1 fully saturated rings. The van der Waals surface area contributed by atoms with E-state index in [1.54, 1.807) is 0 Å². The number of nitrogens with one attached hydrogen (secondary N) is 1. The molecule has 1 saturated carbocycles. The lowest BCUT2D eigenvalue weighted by atomic mass is 9.84. The van der Waals surface area contributed by atoms with Crippen molar-refractivity contribution in [1.82, 2.24) is 4.72 Å². The van der Waals surface area contributed by atoms with Gasteiger partial charge in [-0.15, -0.1) is 12.4 Å². The zero-order valence-corrected chi connectivity index (χ0v) is 15.9. The topological polar surface area (TPSA) is 115 Å². The van der Waals surface area contributed by atoms with Crippen LogP contribution in [0.3, 0.4) is 0 Å². The largest absolute Gasteiger partial charge is 0.417 e. The van der Waals surface area contributed by atoms with E-state index in [9.17, 15) is 31.7 Å². The van der Waals surface area contributed by atoms with E-state index in [2.05, 4.69) is 4.72 Å². The molecule has 0 aromatic heterocycles. The van der Waals surface area contributed by atoms with E-state index in [1.165, 1.54) is 0 Å². The van der Waals surface area contributed by atoms with Gasteiger partial charge in [-0.25, -0.2) is 13.1 Å². The van der Waals surface area contributed by atoms with Gasteiger partial charge in [-0.2, -0.15) is 13.2 Å². The van der Waals surface area contributed by atoms with Crippen LogP contribution < -0.4 is 10.5 Å². The first-order chi connectivity index (χ1) is 12.1. The molecule has 0 aliphatic heterocycles. The van der Waals surface area contributed by atoms with Crippen molar-refractivity contribution in [2.45, 2.75) is 49.2 Å². The van der Waals surface area contributed by atoms with Crippen LogP contribution in [0.15, 0.2) is 23.1 Å². The molecule has 1 atom stereocenters. The highest BCUT2D eigenvalue weighted by Gasteiger charge is 2.39. The van der Waals surface area contributed by atoms with E-state index >= 15 is 0 Å². The minimum Gasteiger partial charge on any atom is -0.329 e. The van der Waals surface area contributed by atoms with Gasteiger partial charge >= 0.3 is 6.18 Å². The van der Waals surface area contributed by atoms with Crippen molar-refractivity contribution in [3.63, 3.8) is 0 Å². The van der Waals surface area contributed by atoms with Crippen LogP contribution in [0.2, 0.25) is 0 Å². The highest BCUT2D eigenvalue weighted by atomic mass is 35.5. The van der Waals surface area contributed by atoms with Crippen LogP contribution in [-0.2, 0) is 16.2 Å². The van der Waals surface area contributed by atoms with Gasteiger partial charge in [-0.05, 0) is 24.8 Å². The Morgan fingerprint density at radius 1 is 1.26 bits per heavy atom. The van der Waals surface area contributed by atoms with Crippen molar-refractivity contribution in [1.29, 1.82) is 0 Å². The van der Waals surface area contributed by atoms with E-state index < -0.39 is 43.3 Å². The standard InChI is InChI=1S/C15H20F3N3O4S.ClH/c16-15(17,18)12-8-11(21(22)23)6-7-14(12)26(24,25)20-13(9-19)10-4-2-1-3-5-10;/h6-8,10,13,20H,1-5,9,19H2;1H. The number of nitrogens with two attached hydrogens (primary N) is 1. The number of rotatable bonds is 6. The lowest BCUT2D eigenvalue weighted by Gasteiger charge is -2.30. The Bertz CT molecular complexity index is 768. The smallest absolute Gasteiger partial charge is 0.329 e. The SMILES string of the molecule is Cl.NCC(NS(=O)(=O)c1ccc([N+](=O)[O-])cc1C(F)(F)F)C1CCCCC1. The quantitative estimate of drug-likeness (QED) is 0.530. The molecule has 1 aliphatic carbocycles. The molecule has 27 heavy (non-hydrogen) atoms. The van der Waals surface area contributed by atoms with Crippen molar-refractivity contribution in [3.8, 4) is 0 Å². The van der Waals surface area contributed by atoms with Gasteiger partial charge in [-0.1, -0.05) is 19.3 Å². The molecule has 0 amide bonds. The Balaban J connectivity index is 0.00000364. The van der Waals surface area contributed by atoms with Crippen molar-refractivity contribution < 1.29 is 26.5 Å². The molecule has 0 radical (unpaired) electrons. The van der Waals surface area contributed by atoms with Gasteiger partial charge in [-0.3, -0.25) is 10.1 Å². The Labute approximate surface area is 161 Å². The third kappa shape index (κ3) is 5.77. The highest BCUT2D eigenvalue weighted by molar-refractivity contribution is 7.89. The number of sulfonamides is 1. The summed E-state index contributed by atoms with van der Waals surface area (Å²) in [7, 11) is -4.55. The van der Waals surface area contributed by atoms with Gasteiger partial charge in [0.15, 0.2) is 0 Å². The summed E-state index contributed by atoms with van der Waals surface area (Å²) in [6.07, 6.45) is -0.712. The third-order valence-electron chi connectivity index (χ3n) is 4.55. The van der Waals surface area contributed by atoms with Gasteiger partial charge in [0.25, 0.3) is 5.69 Å². The van der Waals surface area contributed by atoms with Gasteiger partial charge in [0.2, 0.25) is 10.0 Å². The molecular weight excluding hydrogens is 411 g/mol. The fraction of sp³-hybridized carbons (Fsp3) is 0.600. The molecule has 7 nitrogen and oxygen atoms in total. The molecule has 154 valence electrons. The van der Waals surface area contributed by atoms with Crippen LogP contribution in [0, 0.1) is 16.0 Å². The lowest BCUT2D eigenvalue weighted by molar-refractivity contribution is -0.385. The fourth-order valence-electron chi connectivity index (χ4n) is 3.22. The Morgan fingerprint density at radius 3 is 2.33 bits per heavy atom. The second-order valence-corrected chi connectivity index (χ2v) is 7.98. The molecule has 1 unspecified atom stereocenters. The van der Waals surface area contributed by atoms with Crippen LogP contribution in [0.25, 0.3) is 0 Å². The van der Waals surface area contributed by atoms with Gasteiger partial charge in [0.05, 0.1) is 15.4 Å². The number of benzene rings is 1. The maximum Gasteiger partial charge on any atom is 0.417 e. The maximum absolute atomic E-state index is 13.3. The van der Waals surface area contributed by atoms with Gasteiger partial charge in [0, 0.05) is 24.7 Å². The second kappa shape index (κ2) is 9.18. The summed E-state index contributed by atoms with van der Waals surface area (Å²) in [4.78, 5) is 8.68.